The quantitative estimate of drug-likeness (QED) is 0.798. The molecule has 4 rings (SSSR count). The van der Waals surface area contributed by atoms with Crippen LogP contribution >= 0.6 is 11.3 Å². The molecule has 0 radical (unpaired) electrons. The molecule has 0 bridgehead atoms. The first-order valence-electron chi connectivity index (χ1n) is 8.54. The SMILES string of the molecule is N#Cc1cccc(NC(=O)CN2C(=O)N[C@@]3(CCCc4sccc43)C2=O)c1. The molecule has 2 heterocycles. The Bertz CT molecular complexity index is 993. The molecule has 1 saturated heterocycles. The topological polar surface area (TPSA) is 102 Å². The number of amides is 4. The number of benzene rings is 1. The van der Waals surface area contributed by atoms with Gasteiger partial charge in [-0.05, 0) is 48.9 Å². The molecule has 27 heavy (non-hydrogen) atoms. The number of hydrogen-bond acceptors (Lipinski definition) is 5. The number of urea groups is 1. The third kappa shape index (κ3) is 2.86. The molecule has 0 saturated carbocycles. The number of fused-ring (bicyclic) bond motifs is 2. The minimum absolute atomic E-state index is 0.372. The van der Waals surface area contributed by atoms with E-state index in [9.17, 15) is 14.4 Å². The Labute approximate surface area is 159 Å². The van der Waals surface area contributed by atoms with Crippen molar-refractivity contribution in [1.82, 2.24) is 10.2 Å². The Hall–Kier alpha value is -3.18. The molecule has 1 fully saturated rings. The average molecular weight is 380 g/mol. The van der Waals surface area contributed by atoms with Crippen LogP contribution in [0, 0.1) is 11.3 Å². The van der Waals surface area contributed by atoms with Crippen LogP contribution in [0.15, 0.2) is 35.7 Å². The maximum Gasteiger partial charge on any atom is 0.325 e. The summed E-state index contributed by atoms with van der Waals surface area (Å²) in [5.74, 6) is -0.875. The molecule has 8 heteroatoms. The molecule has 136 valence electrons. The number of anilines is 1. The highest BCUT2D eigenvalue weighted by Crippen LogP contribution is 2.42. The highest BCUT2D eigenvalue weighted by molar-refractivity contribution is 7.10. The highest BCUT2D eigenvalue weighted by Gasteiger charge is 2.54. The van der Waals surface area contributed by atoms with E-state index in [1.54, 1.807) is 29.5 Å². The maximum absolute atomic E-state index is 13.1. The van der Waals surface area contributed by atoms with Crippen molar-refractivity contribution >= 4 is 34.9 Å². The van der Waals surface area contributed by atoms with Crippen LogP contribution in [0.5, 0.6) is 0 Å². The number of thiophene rings is 1. The predicted molar refractivity (Wildman–Crippen MR) is 99.0 cm³/mol. The van der Waals surface area contributed by atoms with Crippen LogP contribution in [-0.4, -0.2) is 29.3 Å². The largest absolute Gasteiger partial charge is 0.325 e. The lowest BCUT2D eigenvalue weighted by Crippen LogP contribution is -2.46. The zero-order valence-electron chi connectivity index (χ0n) is 14.3. The monoisotopic (exact) mass is 380 g/mol. The van der Waals surface area contributed by atoms with E-state index in [1.165, 1.54) is 6.07 Å². The third-order valence-electron chi connectivity index (χ3n) is 4.91. The van der Waals surface area contributed by atoms with Gasteiger partial charge in [0.15, 0.2) is 0 Å². The summed E-state index contributed by atoms with van der Waals surface area (Å²) in [6.07, 6.45) is 2.23. The third-order valence-corrected chi connectivity index (χ3v) is 5.89. The van der Waals surface area contributed by atoms with Gasteiger partial charge < -0.3 is 10.6 Å². The van der Waals surface area contributed by atoms with Gasteiger partial charge in [0.05, 0.1) is 11.6 Å². The number of hydrogen-bond donors (Lipinski definition) is 2. The molecule has 7 nitrogen and oxygen atoms in total. The van der Waals surface area contributed by atoms with E-state index in [2.05, 4.69) is 10.6 Å². The van der Waals surface area contributed by atoms with Gasteiger partial charge in [-0.15, -0.1) is 11.3 Å². The van der Waals surface area contributed by atoms with Gasteiger partial charge >= 0.3 is 6.03 Å². The van der Waals surface area contributed by atoms with Gasteiger partial charge in [0.1, 0.15) is 12.1 Å². The lowest BCUT2D eigenvalue weighted by molar-refractivity contribution is -0.134. The fourth-order valence-corrected chi connectivity index (χ4v) is 4.70. The maximum atomic E-state index is 13.1. The number of imide groups is 1. The van der Waals surface area contributed by atoms with E-state index in [4.69, 9.17) is 5.26 Å². The van der Waals surface area contributed by atoms with E-state index < -0.39 is 17.5 Å². The predicted octanol–water partition coefficient (Wildman–Crippen LogP) is 2.34. The number of nitrogens with zero attached hydrogens (tertiary/aromatic N) is 2. The van der Waals surface area contributed by atoms with Gasteiger partial charge in [0.2, 0.25) is 5.91 Å². The highest BCUT2D eigenvalue weighted by atomic mass is 32.1. The van der Waals surface area contributed by atoms with E-state index in [0.717, 1.165) is 28.2 Å². The fraction of sp³-hybridized carbons (Fsp3) is 0.263. The molecule has 1 aliphatic heterocycles. The molecule has 2 aromatic rings. The van der Waals surface area contributed by atoms with E-state index in [1.807, 2.05) is 17.5 Å². The van der Waals surface area contributed by atoms with Crippen molar-refractivity contribution in [3.63, 3.8) is 0 Å². The standard InChI is InChI=1S/C19H16N4O3S/c20-10-12-3-1-4-13(9-12)21-16(24)11-23-17(25)19(22-18(23)26)7-2-5-15-14(19)6-8-27-15/h1,3-4,6,8-9H,2,5,7,11H2,(H,21,24)(H,22,26)/t19-/m1/s1. The second kappa shape index (κ2) is 6.52. The lowest BCUT2D eigenvalue weighted by Gasteiger charge is -2.31. The Morgan fingerprint density at radius 1 is 1.37 bits per heavy atom. The molecule has 1 aromatic carbocycles. The number of rotatable bonds is 3. The molecule has 2 N–H and O–H groups in total. The van der Waals surface area contributed by atoms with Crippen molar-refractivity contribution in [1.29, 1.82) is 5.26 Å². The molecule has 1 aliphatic carbocycles. The molecule has 2 aliphatic rings. The molecular weight excluding hydrogens is 364 g/mol. The minimum Gasteiger partial charge on any atom is -0.324 e. The summed E-state index contributed by atoms with van der Waals surface area (Å²) in [5, 5.41) is 16.3. The van der Waals surface area contributed by atoms with Gasteiger partial charge in [-0.1, -0.05) is 6.07 Å². The van der Waals surface area contributed by atoms with Gasteiger partial charge in [-0.25, -0.2) is 4.79 Å². The normalized spacial score (nSPS) is 20.9. The summed E-state index contributed by atoms with van der Waals surface area (Å²) >= 11 is 1.58. The average Bonchev–Trinajstić information content (AvgIpc) is 3.23. The number of carbonyl (C=O) groups is 3. The second-order valence-electron chi connectivity index (χ2n) is 6.58. The van der Waals surface area contributed by atoms with Crippen LogP contribution in [0.3, 0.4) is 0 Å². The van der Waals surface area contributed by atoms with Gasteiger partial charge in [0, 0.05) is 16.1 Å². The summed E-state index contributed by atoms with van der Waals surface area (Å²) in [6.45, 7) is -0.372. The van der Waals surface area contributed by atoms with Crippen LogP contribution in [0.1, 0.15) is 28.8 Å². The second-order valence-corrected chi connectivity index (χ2v) is 7.58. The number of nitrogens with one attached hydrogen (secondary N) is 2. The smallest absolute Gasteiger partial charge is 0.324 e. The van der Waals surface area contributed by atoms with Crippen molar-refractivity contribution in [2.45, 2.75) is 24.8 Å². The molecule has 1 aromatic heterocycles. The Balaban J connectivity index is 1.52. The van der Waals surface area contributed by atoms with Crippen LogP contribution in [0.25, 0.3) is 0 Å². The summed E-state index contributed by atoms with van der Waals surface area (Å²) in [7, 11) is 0. The van der Waals surface area contributed by atoms with E-state index in [0.29, 0.717) is 17.7 Å². The zero-order valence-corrected chi connectivity index (χ0v) is 15.1. The first kappa shape index (κ1) is 17.2. The van der Waals surface area contributed by atoms with Crippen LogP contribution in [0.2, 0.25) is 0 Å². The van der Waals surface area contributed by atoms with Crippen molar-refractivity contribution in [3.05, 3.63) is 51.7 Å². The van der Waals surface area contributed by atoms with Crippen molar-refractivity contribution in [2.75, 3.05) is 11.9 Å². The number of carbonyl (C=O) groups excluding carboxylic acids is 3. The van der Waals surface area contributed by atoms with Gasteiger partial charge in [-0.2, -0.15) is 5.26 Å². The number of nitriles is 1. The Morgan fingerprint density at radius 2 is 2.22 bits per heavy atom. The lowest BCUT2D eigenvalue weighted by atomic mass is 9.80. The first-order chi connectivity index (χ1) is 13.0. The molecular formula is C19H16N4O3S. The molecule has 4 amide bonds. The summed E-state index contributed by atoms with van der Waals surface area (Å²) in [5.41, 5.74) is 0.653. The zero-order chi connectivity index (χ0) is 19.0. The van der Waals surface area contributed by atoms with Crippen LogP contribution in [-0.2, 0) is 21.5 Å². The first-order valence-corrected chi connectivity index (χ1v) is 9.42. The van der Waals surface area contributed by atoms with Crippen molar-refractivity contribution in [3.8, 4) is 6.07 Å². The molecule has 1 atom stereocenters. The van der Waals surface area contributed by atoms with Gasteiger partial charge in [0.25, 0.3) is 5.91 Å². The molecule has 0 unspecified atom stereocenters. The summed E-state index contributed by atoms with van der Waals surface area (Å²) in [4.78, 5) is 40.0. The minimum atomic E-state index is -1.05. The van der Waals surface area contributed by atoms with Crippen LogP contribution in [0.4, 0.5) is 10.5 Å². The fourth-order valence-electron chi connectivity index (χ4n) is 3.70. The van der Waals surface area contributed by atoms with E-state index in [-0.39, 0.29) is 12.5 Å². The van der Waals surface area contributed by atoms with Crippen molar-refractivity contribution < 1.29 is 14.4 Å². The number of aryl methyl sites for hydroxylation is 1. The van der Waals surface area contributed by atoms with E-state index >= 15 is 0 Å². The Kier molecular flexibility index (Phi) is 4.16. The van der Waals surface area contributed by atoms with Crippen LogP contribution < -0.4 is 10.6 Å². The van der Waals surface area contributed by atoms with Crippen molar-refractivity contribution in [2.24, 2.45) is 0 Å². The van der Waals surface area contributed by atoms with Gasteiger partial charge in [-0.3, -0.25) is 14.5 Å². The summed E-state index contributed by atoms with van der Waals surface area (Å²) in [6, 6.07) is 9.77. The summed E-state index contributed by atoms with van der Waals surface area (Å²) < 4.78 is 0. The Morgan fingerprint density at radius 3 is 3.04 bits per heavy atom. The molecule has 1 spiro atoms.